The van der Waals surface area contributed by atoms with E-state index in [0.29, 0.717) is 12.3 Å². The minimum Gasteiger partial charge on any atom is -0.459 e. The highest BCUT2D eigenvalue weighted by molar-refractivity contribution is 7.22. The van der Waals surface area contributed by atoms with Crippen LogP contribution in [0.15, 0.2) is 41.0 Å². The molecule has 0 aliphatic carbocycles. The molecule has 1 amide bonds. The Kier molecular flexibility index (Phi) is 6.58. The van der Waals surface area contributed by atoms with Gasteiger partial charge in [0.1, 0.15) is 0 Å². The molecule has 2 heterocycles. The minimum atomic E-state index is -0.144. The maximum Gasteiger partial charge on any atom is 0.295 e. The van der Waals surface area contributed by atoms with Crippen molar-refractivity contribution in [1.82, 2.24) is 9.88 Å². The number of furan rings is 1. The van der Waals surface area contributed by atoms with Crippen molar-refractivity contribution in [2.45, 2.75) is 13.3 Å². The molecular formula is C18H22ClN3O2S. The van der Waals surface area contributed by atoms with Crippen LogP contribution in [0.25, 0.3) is 10.2 Å². The molecule has 0 atom stereocenters. The molecule has 3 aromatic rings. The quantitative estimate of drug-likeness (QED) is 0.643. The maximum absolute atomic E-state index is 12.8. The number of carbonyl (C=O) groups is 1. The normalized spacial score (nSPS) is 10.9. The summed E-state index contributed by atoms with van der Waals surface area (Å²) in [7, 11) is 4.05. The summed E-state index contributed by atoms with van der Waals surface area (Å²) in [5, 5.41) is 0.718. The third kappa shape index (κ3) is 4.60. The van der Waals surface area contributed by atoms with Crippen LogP contribution in [0.2, 0.25) is 0 Å². The molecule has 134 valence electrons. The van der Waals surface area contributed by atoms with Gasteiger partial charge < -0.3 is 9.32 Å². The molecule has 0 saturated carbocycles. The van der Waals surface area contributed by atoms with Crippen LogP contribution >= 0.6 is 23.7 Å². The molecule has 0 unspecified atom stereocenters. The number of aryl methyl sites for hydroxylation is 1. The average molecular weight is 380 g/mol. The first-order valence-electron chi connectivity index (χ1n) is 7.92. The highest BCUT2D eigenvalue weighted by Crippen LogP contribution is 2.30. The number of anilines is 1. The first-order valence-corrected chi connectivity index (χ1v) is 8.73. The zero-order valence-electron chi connectivity index (χ0n) is 14.6. The maximum atomic E-state index is 12.8. The fourth-order valence-electron chi connectivity index (χ4n) is 2.50. The summed E-state index contributed by atoms with van der Waals surface area (Å²) in [5.41, 5.74) is 2.11. The summed E-state index contributed by atoms with van der Waals surface area (Å²) in [4.78, 5) is 21.3. The number of amides is 1. The van der Waals surface area contributed by atoms with E-state index in [2.05, 4.69) is 22.9 Å². The Balaban J connectivity index is 0.00000225. The van der Waals surface area contributed by atoms with E-state index < -0.39 is 0 Å². The van der Waals surface area contributed by atoms with Gasteiger partial charge in [-0.15, -0.1) is 12.4 Å². The highest BCUT2D eigenvalue weighted by atomic mass is 35.5. The minimum absolute atomic E-state index is 0. The lowest BCUT2D eigenvalue weighted by Gasteiger charge is -2.19. The number of thiazole rings is 1. The standard InChI is InChI=1S/C18H21N3O2S.ClH/c1-13-7-8-14-16(12-13)24-18(19-14)21(10-5-9-20(2)3)17(22)15-6-4-11-23-15;/h4,6-8,11-12H,5,9-10H2,1-3H3;1H. The molecule has 0 fully saturated rings. The number of hydrogen-bond donors (Lipinski definition) is 0. The molecule has 0 spiro atoms. The summed E-state index contributed by atoms with van der Waals surface area (Å²) >= 11 is 1.54. The molecule has 0 radical (unpaired) electrons. The van der Waals surface area contributed by atoms with Crippen LogP contribution in [-0.4, -0.2) is 43.0 Å². The van der Waals surface area contributed by atoms with Crippen molar-refractivity contribution in [1.29, 1.82) is 0 Å². The van der Waals surface area contributed by atoms with E-state index in [1.165, 1.54) is 11.8 Å². The number of nitrogens with zero attached hydrogens (tertiary/aromatic N) is 3. The Labute approximate surface area is 157 Å². The van der Waals surface area contributed by atoms with Gasteiger partial charge in [0.25, 0.3) is 5.91 Å². The molecule has 0 aliphatic heterocycles. The Morgan fingerprint density at radius 3 is 2.72 bits per heavy atom. The number of hydrogen-bond acceptors (Lipinski definition) is 5. The van der Waals surface area contributed by atoms with Crippen molar-refractivity contribution in [3.05, 3.63) is 47.9 Å². The predicted octanol–water partition coefficient (Wildman–Crippen LogP) is 4.22. The van der Waals surface area contributed by atoms with Gasteiger partial charge in [-0.25, -0.2) is 4.98 Å². The molecule has 0 aliphatic rings. The second kappa shape index (κ2) is 8.47. The molecule has 3 rings (SSSR count). The first-order chi connectivity index (χ1) is 11.5. The van der Waals surface area contributed by atoms with E-state index in [0.717, 1.165) is 28.3 Å². The van der Waals surface area contributed by atoms with Crippen molar-refractivity contribution in [3.8, 4) is 0 Å². The van der Waals surface area contributed by atoms with Crippen molar-refractivity contribution >= 4 is 45.0 Å². The second-order valence-electron chi connectivity index (χ2n) is 6.06. The van der Waals surface area contributed by atoms with E-state index in [1.807, 2.05) is 26.2 Å². The van der Waals surface area contributed by atoms with E-state index in [4.69, 9.17) is 4.42 Å². The van der Waals surface area contributed by atoms with Gasteiger partial charge >= 0.3 is 0 Å². The Bertz CT molecular complexity index is 830. The van der Waals surface area contributed by atoms with Crippen LogP contribution in [-0.2, 0) is 0 Å². The number of benzene rings is 1. The van der Waals surface area contributed by atoms with Crippen molar-refractivity contribution in [2.75, 3.05) is 32.1 Å². The summed E-state index contributed by atoms with van der Waals surface area (Å²) < 4.78 is 6.39. The zero-order valence-corrected chi connectivity index (χ0v) is 16.2. The molecule has 5 nitrogen and oxygen atoms in total. The first kappa shape index (κ1) is 19.4. The van der Waals surface area contributed by atoms with Crippen LogP contribution in [0.4, 0.5) is 5.13 Å². The van der Waals surface area contributed by atoms with Crippen LogP contribution in [0.5, 0.6) is 0 Å². The van der Waals surface area contributed by atoms with Crippen LogP contribution in [0, 0.1) is 6.92 Å². The van der Waals surface area contributed by atoms with E-state index in [9.17, 15) is 4.79 Å². The van der Waals surface area contributed by atoms with E-state index in [-0.39, 0.29) is 18.3 Å². The zero-order chi connectivity index (χ0) is 17.1. The van der Waals surface area contributed by atoms with Crippen molar-refractivity contribution in [2.24, 2.45) is 0 Å². The monoisotopic (exact) mass is 379 g/mol. The topological polar surface area (TPSA) is 49.6 Å². The molecule has 1 aromatic carbocycles. The molecule has 0 N–H and O–H groups in total. The van der Waals surface area contributed by atoms with Crippen LogP contribution in [0.3, 0.4) is 0 Å². The number of halogens is 1. The third-order valence-electron chi connectivity index (χ3n) is 3.73. The number of carbonyl (C=O) groups excluding carboxylic acids is 1. The third-order valence-corrected chi connectivity index (χ3v) is 4.77. The number of rotatable bonds is 6. The largest absolute Gasteiger partial charge is 0.459 e. The van der Waals surface area contributed by atoms with Gasteiger partial charge in [-0.1, -0.05) is 17.4 Å². The van der Waals surface area contributed by atoms with Gasteiger partial charge in [-0.3, -0.25) is 9.69 Å². The predicted molar refractivity (Wildman–Crippen MR) is 105 cm³/mol. The summed E-state index contributed by atoms with van der Waals surface area (Å²) in [6.07, 6.45) is 2.39. The lowest BCUT2D eigenvalue weighted by molar-refractivity contribution is 0.0959. The molecule has 7 heteroatoms. The molecule has 0 saturated heterocycles. The number of fused-ring (bicyclic) bond motifs is 1. The summed E-state index contributed by atoms with van der Waals surface area (Å²) in [5.74, 6) is 0.199. The van der Waals surface area contributed by atoms with Crippen molar-refractivity contribution < 1.29 is 9.21 Å². The van der Waals surface area contributed by atoms with Crippen molar-refractivity contribution in [3.63, 3.8) is 0 Å². The van der Waals surface area contributed by atoms with Gasteiger partial charge in [0.05, 0.1) is 16.5 Å². The van der Waals surface area contributed by atoms with Gasteiger partial charge in [-0.05, 0) is 63.8 Å². The van der Waals surface area contributed by atoms with Gasteiger partial charge in [0, 0.05) is 6.54 Å². The summed E-state index contributed by atoms with van der Waals surface area (Å²) in [6, 6.07) is 9.56. The fourth-order valence-corrected chi connectivity index (χ4v) is 3.59. The second-order valence-corrected chi connectivity index (χ2v) is 7.07. The SMILES string of the molecule is Cc1ccc2nc(N(CCCN(C)C)C(=O)c3ccco3)sc2c1.Cl. The number of aromatic nitrogens is 1. The van der Waals surface area contributed by atoms with Gasteiger partial charge in [0.15, 0.2) is 10.9 Å². The Morgan fingerprint density at radius 1 is 1.24 bits per heavy atom. The van der Waals surface area contributed by atoms with Gasteiger partial charge in [0.2, 0.25) is 0 Å². The van der Waals surface area contributed by atoms with E-state index >= 15 is 0 Å². The van der Waals surface area contributed by atoms with Crippen LogP contribution in [0.1, 0.15) is 22.5 Å². The average Bonchev–Trinajstić information content (AvgIpc) is 3.19. The molecule has 0 bridgehead atoms. The van der Waals surface area contributed by atoms with Gasteiger partial charge in [-0.2, -0.15) is 0 Å². The molecular weight excluding hydrogens is 358 g/mol. The Morgan fingerprint density at radius 2 is 2.04 bits per heavy atom. The smallest absolute Gasteiger partial charge is 0.295 e. The molecule has 2 aromatic heterocycles. The van der Waals surface area contributed by atoms with E-state index in [1.54, 1.807) is 28.4 Å². The summed E-state index contributed by atoms with van der Waals surface area (Å²) in [6.45, 7) is 3.57. The Hall–Kier alpha value is -1.89. The lowest BCUT2D eigenvalue weighted by atomic mass is 10.2. The highest BCUT2D eigenvalue weighted by Gasteiger charge is 2.23. The molecule has 25 heavy (non-hydrogen) atoms. The fraction of sp³-hybridized carbons (Fsp3) is 0.333. The lowest BCUT2D eigenvalue weighted by Crippen LogP contribution is -2.33. The van der Waals surface area contributed by atoms with Crippen LogP contribution < -0.4 is 4.90 Å².